The minimum atomic E-state index is -5.12. The molecule has 0 aliphatic carbocycles. The zero-order valence-corrected chi connectivity index (χ0v) is 59.4. The maximum absolute atomic E-state index is 14.8. The summed E-state index contributed by atoms with van der Waals surface area (Å²) >= 11 is 0. The molecule has 30 nitrogen and oxygen atoms in total. The van der Waals surface area contributed by atoms with Gasteiger partial charge >= 0.3 is 12.1 Å². The summed E-state index contributed by atoms with van der Waals surface area (Å²) in [7, 11) is 0.645. The van der Waals surface area contributed by atoms with Gasteiger partial charge in [0.1, 0.15) is 35.7 Å². The van der Waals surface area contributed by atoms with Gasteiger partial charge < -0.3 is 66.4 Å². The number of imide groups is 1. The lowest BCUT2D eigenvalue weighted by atomic mass is 9.89. The summed E-state index contributed by atoms with van der Waals surface area (Å²) in [6.45, 7) is 16.6. The molecular formula is C67H101N11O19S. The van der Waals surface area contributed by atoms with Crippen LogP contribution in [0.1, 0.15) is 130 Å². The highest BCUT2D eigenvalue weighted by molar-refractivity contribution is 7.85. The van der Waals surface area contributed by atoms with Gasteiger partial charge in [-0.15, -0.1) is 0 Å². The van der Waals surface area contributed by atoms with E-state index < -0.39 is 159 Å². The monoisotopic (exact) mass is 1400 g/mol. The van der Waals surface area contributed by atoms with Crippen molar-refractivity contribution in [2.24, 2.45) is 35.3 Å². The summed E-state index contributed by atoms with van der Waals surface area (Å²) in [5.74, 6) is -8.11. The van der Waals surface area contributed by atoms with Gasteiger partial charge in [0.2, 0.25) is 41.4 Å². The Morgan fingerprint density at radius 2 is 1.40 bits per heavy atom. The van der Waals surface area contributed by atoms with Crippen LogP contribution in [0, 0.1) is 29.6 Å². The van der Waals surface area contributed by atoms with Crippen LogP contribution < -0.4 is 37.6 Å². The number of rotatable bonds is 39. The summed E-state index contributed by atoms with van der Waals surface area (Å²) < 4.78 is 59.2. The Bertz CT molecular complexity index is 3260. The third kappa shape index (κ3) is 23.4. The first-order valence-corrected chi connectivity index (χ1v) is 34.4. The number of benzene rings is 2. The molecule has 98 heavy (non-hydrogen) atoms. The van der Waals surface area contributed by atoms with Crippen molar-refractivity contribution < 1.29 is 89.5 Å². The van der Waals surface area contributed by atoms with E-state index in [-0.39, 0.29) is 80.8 Å². The number of nitrogens with zero attached hydrogens (tertiary/aromatic N) is 4. The molecule has 0 saturated carbocycles. The molecule has 2 aliphatic heterocycles. The fraction of sp³-hybridized carbons (Fsp3) is 0.612. The molecule has 12 amide bonds. The number of likely N-dealkylation sites (tertiary alicyclic amines) is 1. The van der Waals surface area contributed by atoms with Crippen LogP contribution in [0.15, 0.2) is 65.6 Å². The highest BCUT2D eigenvalue weighted by atomic mass is 32.2. The van der Waals surface area contributed by atoms with Gasteiger partial charge in [-0.1, -0.05) is 105 Å². The second kappa shape index (κ2) is 38.7. The van der Waals surface area contributed by atoms with Crippen molar-refractivity contribution >= 4 is 86.9 Å². The number of likely N-dealkylation sites (N-methyl/N-ethyl adjacent to an activating group) is 2. The summed E-state index contributed by atoms with van der Waals surface area (Å²) in [6.07, 6.45) is 0.910. The van der Waals surface area contributed by atoms with E-state index in [1.807, 2.05) is 13.8 Å². The lowest BCUT2D eigenvalue weighted by Gasteiger charge is -2.41. The number of carbonyl (C=O) groups excluding carboxylic acids is 12. The quantitative estimate of drug-likeness (QED) is 0.0206. The van der Waals surface area contributed by atoms with Gasteiger partial charge in [-0.2, -0.15) is 8.42 Å². The Balaban J connectivity index is 1.45. The highest BCUT2D eigenvalue weighted by Crippen LogP contribution is 2.31. The minimum absolute atomic E-state index is 0.0159. The SMILES string of the molecule is CCC(C)C(C(CC(=O)N1CCCC1C(OC)C(C)C(=O)NC(C)C(=O)c1ccccc1)OC)N(C)C(=O)[C@@H](NC(=O)C(C(C)C)N(C)C(=O)OCc1ccc(NC(=O)[C@H](CCCNC(N)=O)NC(=O)C(NC(=O)CCOCCN2C(=O)C=CC2=O)C(C)C)cc1S(=O)(=O)O)C(C)C. The number of carbonyl (C=O) groups is 12. The maximum Gasteiger partial charge on any atom is 0.410 e. The lowest BCUT2D eigenvalue weighted by molar-refractivity contribution is -0.148. The molecule has 1 fully saturated rings. The van der Waals surface area contributed by atoms with E-state index in [0.717, 1.165) is 34.1 Å². The Kier molecular flexibility index (Phi) is 32.4. The molecule has 4 rings (SSSR count). The molecule has 2 aliphatic rings. The van der Waals surface area contributed by atoms with Crippen LogP contribution in [0.3, 0.4) is 0 Å². The van der Waals surface area contributed by atoms with E-state index >= 15 is 0 Å². The summed E-state index contributed by atoms with van der Waals surface area (Å²) in [5.41, 5.74) is 5.21. The molecule has 1 saturated heterocycles. The number of ether oxygens (including phenoxy) is 4. The number of Topliss-reactive ketones (excluding diaryl/α,β-unsaturated/α-hetero) is 1. The fourth-order valence-corrected chi connectivity index (χ4v) is 12.7. The number of urea groups is 1. The minimum Gasteiger partial charge on any atom is -0.444 e. The van der Waals surface area contributed by atoms with Crippen molar-refractivity contribution in [1.29, 1.82) is 0 Å². The van der Waals surface area contributed by atoms with E-state index in [9.17, 15) is 70.5 Å². The molecule has 544 valence electrons. The normalized spacial score (nSPS) is 17.0. The van der Waals surface area contributed by atoms with Gasteiger partial charge in [-0.05, 0) is 68.4 Å². The van der Waals surface area contributed by atoms with E-state index in [2.05, 4.69) is 31.9 Å². The third-order valence-electron chi connectivity index (χ3n) is 17.6. The number of nitrogens with two attached hydrogens (primary N) is 1. The van der Waals surface area contributed by atoms with Crippen LogP contribution in [0.5, 0.6) is 0 Å². The van der Waals surface area contributed by atoms with Crippen LogP contribution in [0.2, 0.25) is 0 Å². The number of methoxy groups -OCH3 is 2. The van der Waals surface area contributed by atoms with Gasteiger partial charge in [0.05, 0.1) is 62.4 Å². The second-order valence-corrected chi connectivity index (χ2v) is 27.1. The van der Waals surface area contributed by atoms with Crippen LogP contribution in [-0.2, 0) is 78.8 Å². The number of nitrogens with one attached hydrogen (secondary N) is 6. The van der Waals surface area contributed by atoms with E-state index in [4.69, 9.17) is 24.7 Å². The highest BCUT2D eigenvalue weighted by Gasteiger charge is 2.44. The number of ketones is 1. The number of amides is 12. The topological polar surface area (TPSA) is 407 Å². The van der Waals surface area contributed by atoms with Gasteiger partial charge in [-0.25, -0.2) is 9.59 Å². The fourth-order valence-electron chi connectivity index (χ4n) is 11.9. The zero-order valence-electron chi connectivity index (χ0n) is 58.6. The Labute approximate surface area is 574 Å². The first kappa shape index (κ1) is 82.0. The van der Waals surface area contributed by atoms with E-state index in [0.29, 0.717) is 31.4 Å². The standard InChI is InChI=1S/C67H101N11O19S/c1-15-41(8)58(49(94-13)36-54(82)77-31-20-24-48(77)60(95-14)42(9)61(84)70-43(10)59(83)44-21-17-16-18-22-44)75(11)65(88)56(39(4)5)74-64(87)57(40(6)7)76(12)67(90)97-37-45-25-26-46(35-50(45)98(91,92)93)71-62(85)47(23-19-30-69-66(68)89)72-63(86)55(38(2)3)73-51(79)29-33-96-34-32-78-52(80)27-28-53(78)81/h16-18,21-22,25-28,35,38-43,47-49,55-58,60H,15,19-20,23-24,29-34,36-37H2,1-14H3,(H,70,84)(H,71,85)(H,72,86)(H,73,79)(H,74,87)(H3,68,69,89)(H,91,92,93)/t41?,42?,43?,47-,48?,49?,55?,56-,57?,58?,60?/m0/s1. The molecule has 0 radical (unpaired) electrons. The molecule has 0 aromatic heterocycles. The lowest BCUT2D eigenvalue weighted by Crippen LogP contribution is -2.60. The van der Waals surface area contributed by atoms with Gasteiger partial charge in [0.15, 0.2) is 5.78 Å². The molecule has 2 aromatic carbocycles. The van der Waals surface area contributed by atoms with Crippen molar-refractivity contribution in [3.8, 4) is 0 Å². The van der Waals surface area contributed by atoms with Crippen LogP contribution in [0.25, 0.3) is 0 Å². The van der Waals surface area contributed by atoms with Crippen molar-refractivity contribution in [2.75, 3.05) is 66.5 Å². The van der Waals surface area contributed by atoms with Crippen molar-refractivity contribution in [3.63, 3.8) is 0 Å². The number of anilines is 1. The average Bonchev–Trinajstić information content (AvgIpc) is 1.20. The molecule has 0 spiro atoms. The summed E-state index contributed by atoms with van der Waals surface area (Å²) in [6, 6.07) is 3.99. The van der Waals surface area contributed by atoms with Crippen molar-refractivity contribution in [3.05, 3.63) is 71.8 Å². The smallest absolute Gasteiger partial charge is 0.410 e. The van der Waals surface area contributed by atoms with E-state index in [1.165, 1.54) is 32.2 Å². The molecule has 9 N–H and O–H groups in total. The number of primary amides is 1. The number of hydrogen-bond donors (Lipinski definition) is 8. The predicted octanol–water partition coefficient (Wildman–Crippen LogP) is 3.32. The largest absolute Gasteiger partial charge is 0.444 e. The molecule has 0 bridgehead atoms. The molecular weight excluding hydrogens is 1290 g/mol. The Morgan fingerprint density at radius 1 is 0.755 bits per heavy atom. The summed E-state index contributed by atoms with van der Waals surface area (Å²) in [5, 5.41) is 15.8. The van der Waals surface area contributed by atoms with Crippen molar-refractivity contribution in [1.82, 2.24) is 46.2 Å². The van der Waals surface area contributed by atoms with Crippen LogP contribution in [0.4, 0.5) is 15.3 Å². The first-order valence-electron chi connectivity index (χ1n) is 33.0. The van der Waals surface area contributed by atoms with E-state index in [1.54, 1.807) is 97.7 Å². The maximum atomic E-state index is 14.8. The molecule has 2 aromatic rings. The molecule has 9 unspecified atom stereocenters. The second-order valence-electron chi connectivity index (χ2n) is 25.7. The molecule has 31 heteroatoms. The first-order chi connectivity index (χ1) is 46.1. The molecule has 2 heterocycles. The van der Waals surface area contributed by atoms with Crippen LogP contribution >= 0.6 is 0 Å². The zero-order chi connectivity index (χ0) is 73.5. The average molecular weight is 1400 g/mol. The van der Waals surface area contributed by atoms with Crippen LogP contribution in [-0.4, -0.2) is 219 Å². The predicted molar refractivity (Wildman–Crippen MR) is 360 cm³/mol. The Hall–Kier alpha value is -8.39. The third-order valence-corrected chi connectivity index (χ3v) is 18.5. The number of hydrogen-bond acceptors (Lipinski definition) is 18. The summed E-state index contributed by atoms with van der Waals surface area (Å²) in [4.78, 5) is 165. The van der Waals surface area contributed by atoms with Gasteiger partial charge in [0, 0.05) is 76.8 Å². The Morgan fingerprint density at radius 3 is 1.97 bits per heavy atom. The van der Waals surface area contributed by atoms with Gasteiger partial charge in [-0.3, -0.25) is 62.3 Å². The molecule has 11 atom stereocenters. The van der Waals surface area contributed by atoms with Crippen molar-refractivity contribution in [2.45, 2.75) is 180 Å². The van der Waals surface area contributed by atoms with Gasteiger partial charge in [0.25, 0.3) is 21.9 Å².